The number of ether oxygens (including phenoxy) is 2. The van der Waals surface area contributed by atoms with Gasteiger partial charge in [0, 0.05) is 37.4 Å². The third-order valence-electron chi connectivity index (χ3n) is 6.95. The van der Waals surface area contributed by atoms with Crippen molar-refractivity contribution in [2.75, 3.05) is 32.8 Å². The van der Waals surface area contributed by atoms with Crippen LogP contribution in [0.4, 0.5) is 0 Å². The summed E-state index contributed by atoms with van der Waals surface area (Å²) in [7, 11) is 0. The van der Waals surface area contributed by atoms with Crippen LogP contribution in [0, 0.1) is 0 Å². The first-order chi connectivity index (χ1) is 18.1. The molecule has 2 fully saturated rings. The van der Waals surface area contributed by atoms with Crippen LogP contribution in [-0.4, -0.2) is 75.7 Å². The first-order valence-corrected chi connectivity index (χ1v) is 13.0. The molecule has 0 aliphatic carbocycles. The van der Waals surface area contributed by atoms with Crippen molar-refractivity contribution in [3.05, 3.63) is 66.0 Å². The van der Waals surface area contributed by atoms with Crippen LogP contribution in [0.5, 0.6) is 5.75 Å². The summed E-state index contributed by atoms with van der Waals surface area (Å²) in [6, 6.07) is 16.6. The molecule has 0 spiro atoms. The van der Waals surface area contributed by atoms with Gasteiger partial charge in [0.05, 0.1) is 12.1 Å². The van der Waals surface area contributed by atoms with Gasteiger partial charge in [-0.2, -0.15) is 5.10 Å². The van der Waals surface area contributed by atoms with Crippen LogP contribution in [0.1, 0.15) is 54.8 Å². The average molecular weight is 504 g/mol. The van der Waals surface area contributed by atoms with Gasteiger partial charge >= 0.3 is 0 Å². The molecular weight excluding hydrogens is 470 g/mol. The first kappa shape index (κ1) is 25.0. The molecule has 0 saturated carbocycles. The highest BCUT2D eigenvalue weighted by Crippen LogP contribution is 2.30. The molecule has 2 saturated heterocycles. The molecule has 37 heavy (non-hydrogen) atoms. The fourth-order valence-electron chi connectivity index (χ4n) is 5.07. The molecular formula is C28H33N5O4. The van der Waals surface area contributed by atoms with E-state index < -0.39 is 0 Å². The topological polar surface area (TPSA) is 101 Å². The zero-order valence-electron chi connectivity index (χ0n) is 21.1. The maximum absolute atomic E-state index is 13.1. The average Bonchev–Trinajstić information content (AvgIpc) is 3.63. The first-order valence-electron chi connectivity index (χ1n) is 13.0. The molecule has 3 heterocycles. The summed E-state index contributed by atoms with van der Waals surface area (Å²) in [5.74, 6) is 1.75. The van der Waals surface area contributed by atoms with Crippen LogP contribution >= 0.6 is 0 Å². The molecule has 0 bridgehead atoms. The van der Waals surface area contributed by atoms with Gasteiger partial charge in [-0.1, -0.05) is 30.3 Å². The number of nitrogens with zero attached hydrogens (tertiary/aromatic N) is 4. The van der Waals surface area contributed by atoms with Crippen LogP contribution in [-0.2, 0) is 9.53 Å². The van der Waals surface area contributed by atoms with Crippen molar-refractivity contribution in [1.29, 1.82) is 0 Å². The number of aromatic amines is 1. The Bertz CT molecular complexity index is 1210. The third-order valence-corrected chi connectivity index (χ3v) is 6.95. The lowest BCUT2D eigenvalue weighted by atomic mass is 10.0. The third kappa shape index (κ3) is 5.83. The van der Waals surface area contributed by atoms with Crippen LogP contribution in [0.25, 0.3) is 11.4 Å². The molecule has 5 rings (SSSR count). The van der Waals surface area contributed by atoms with E-state index in [9.17, 15) is 9.59 Å². The minimum absolute atomic E-state index is 0.0118. The largest absolute Gasteiger partial charge is 0.484 e. The summed E-state index contributed by atoms with van der Waals surface area (Å²) in [5.41, 5.74) is 1.36. The van der Waals surface area contributed by atoms with Crippen molar-refractivity contribution >= 4 is 11.8 Å². The van der Waals surface area contributed by atoms with Gasteiger partial charge in [-0.05, 0) is 56.9 Å². The lowest BCUT2D eigenvalue weighted by Crippen LogP contribution is -2.41. The van der Waals surface area contributed by atoms with E-state index in [1.165, 1.54) is 0 Å². The van der Waals surface area contributed by atoms with E-state index in [0.717, 1.165) is 31.2 Å². The van der Waals surface area contributed by atoms with Gasteiger partial charge in [-0.15, -0.1) is 0 Å². The Morgan fingerprint density at radius 3 is 2.76 bits per heavy atom. The number of nitrogens with one attached hydrogen (secondary N) is 1. The maximum Gasteiger partial charge on any atom is 0.261 e. The smallest absolute Gasteiger partial charge is 0.261 e. The lowest BCUT2D eigenvalue weighted by Gasteiger charge is -2.34. The van der Waals surface area contributed by atoms with Crippen molar-refractivity contribution in [3.63, 3.8) is 0 Å². The molecule has 9 nitrogen and oxygen atoms in total. The van der Waals surface area contributed by atoms with Crippen LogP contribution < -0.4 is 4.74 Å². The minimum Gasteiger partial charge on any atom is -0.484 e. The molecule has 2 unspecified atom stereocenters. The highest BCUT2D eigenvalue weighted by Gasteiger charge is 2.31. The van der Waals surface area contributed by atoms with Gasteiger partial charge in [0.1, 0.15) is 11.6 Å². The molecule has 3 aromatic rings. The molecule has 2 aromatic carbocycles. The summed E-state index contributed by atoms with van der Waals surface area (Å²) in [5, 5.41) is 7.48. The molecule has 2 aliphatic heterocycles. The number of H-pyrrole nitrogens is 1. The standard InChI is InChI=1S/C28H33N5O4/c1-2-36-23-14-16-32(18-23)28(35)21-10-8-9-20(17-21)26-29-27(31-30-26)24-13-6-7-15-33(24)25(34)19-37-22-11-4-3-5-12-22/h3-5,8-12,17,23-24H,2,6-7,13-16,18-19H2,1H3,(H,29,30,31). The number of rotatable bonds is 8. The Morgan fingerprint density at radius 1 is 1.05 bits per heavy atom. The van der Waals surface area contributed by atoms with E-state index in [-0.39, 0.29) is 30.6 Å². The van der Waals surface area contributed by atoms with Crippen molar-refractivity contribution in [3.8, 4) is 17.1 Å². The minimum atomic E-state index is -0.188. The van der Waals surface area contributed by atoms with E-state index in [1.54, 1.807) is 0 Å². The predicted molar refractivity (Wildman–Crippen MR) is 138 cm³/mol. The van der Waals surface area contributed by atoms with Gasteiger partial charge in [-0.25, -0.2) is 4.98 Å². The second-order valence-electron chi connectivity index (χ2n) is 9.44. The van der Waals surface area contributed by atoms with E-state index in [4.69, 9.17) is 14.5 Å². The number of hydrogen-bond acceptors (Lipinski definition) is 6. The van der Waals surface area contributed by atoms with Gasteiger partial charge in [-0.3, -0.25) is 14.7 Å². The van der Waals surface area contributed by atoms with Crippen molar-refractivity contribution in [1.82, 2.24) is 25.0 Å². The molecule has 9 heteroatoms. The predicted octanol–water partition coefficient (Wildman–Crippen LogP) is 3.86. The molecule has 2 atom stereocenters. The summed E-state index contributed by atoms with van der Waals surface area (Å²) in [6.07, 6.45) is 3.72. The normalized spacial score (nSPS) is 19.7. The van der Waals surface area contributed by atoms with Crippen molar-refractivity contribution < 1.29 is 19.1 Å². The molecule has 2 amide bonds. The van der Waals surface area contributed by atoms with E-state index >= 15 is 0 Å². The van der Waals surface area contributed by atoms with E-state index in [1.807, 2.05) is 71.3 Å². The van der Waals surface area contributed by atoms with Gasteiger partial charge in [0.15, 0.2) is 12.4 Å². The van der Waals surface area contributed by atoms with Gasteiger partial charge in [0.25, 0.3) is 11.8 Å². The van der Waals surface area contributed by atoms with E-state index in [2.05, 4.69) is 10.2 Å². The number of aromatic nitrogens is 3. The number of carbonyl (C=O) groups excluding carboxylic acids is 2. The zero-order chi connectivity index (χ0) is 25.6. The number of carbonyl (C=O) groups is 2. The second kappa shape index (κ2) is 11.6. The monoisotopic (exact) mass is 503 g/mol. The Kier molecular flexibility index (Phi) is 7.79. The number of piperidine rings is 1. The van der Waals surface area contributed by atoms with Crippen LogP contribution in [0.15, 0.2) is 54.6 Å². The highest BCUT2D eigenvalue weighted by atomic mass is 16.5. The molecule has 1 N–H and O–H groups in total. The number of para-hydroxylation sites is 1. The van der Waals surface area contributed by atoms with Gasteiger partial charge in [0.2, 0.25) is 0 Å². The van der Waals surface area contributed by atoms with Crippen molar-refractivity contribution in [2.24, 2.45) is 0 Å². The quantitative estimate of drug-likeness (QED) is 0.501. The number of benzene rings is 2. The van der Waals surface area contributed by atoms with E-state index in [0.29, 0.717) is 49.2 Å². The molecule has 0 radical (unpaired) electrons. The van der Waals surface area contributed by atoms with Crippen LogP contribution in [0.2, 0.25) is 0 Å². The maximum atomic E-state index is 13.1. The number of hydrogen-bond donors (Lipinski definition) is 1. The molecule has 194 valence electrons. The Labute approximate surface area is 216 Å². The number of likely N-dealkylation sites (tertiary alicyclic amines) is 2. The molecule has 2 aliphatic rings. The van der Waals surface area contributed by atoms with Gasteiger partial charge < -0.3 is 19.3 Å². The lowest BCUT2D eigenvalue weighted by molar-refractivity contribution is -0.137. The van der Waals surface area contributed by atoms with Crippen molar-refractivity contribution in [2.45, 2.75) is 44.8 Å². The van der Waals surface area contributed by atoms with Crippen LogP contribution in [0.3, 0.4) is 0 Å². The second-order valence-corrected chi connectivity index (χ2v) is 9.44. The summed E-state index contributed by atoms with van der Waals surface area (Å²) < 4.78 is 11.4. The molecule has 1 aromatic heterocycles. The summed E-state index contributed by atoms with van der Waals surface area (Å²) in [4.78, 5) is 34.5. The number of amides is 2. The Hall–Kier alpha value is -3.72. The Morgan fingerprint density at radius 2 is 1.92 bits per heavy atom. The SMILES string of the molecule is CCOC1CCN(C(=O)c2cccc(-c3n[nH]c(C4CCCCN4C(=O)COc4ccccc4)n3)c2)C1. The summed E-state index contributed by atoms with van der Waals surface area (Å²) >= 11 is 0. The fourth-order valence-corrected chi connectivity index (χ4v) is 5.07. The zero-order valence-corrected chi connectivity index (χ0v) is 21.1. The fraction of sp³-hybridized carbons (Fsp3) is 0.429. The summed E-state index contributed by atoms with van der Waals surface area (Å²) in [6.45, 7) is 4.56. The Balaban J connectivity index is 1.27. The highest BCUT2D eigenvalue weighted by molar-refractivity contribution is 5.95.